The van der Waals surface area contributed by atoms with Crippen LogP contribution in [0.4, 0.5) is 0 Å². The van der Waals surface area contributed by atoms with Gasteiger partial charge in [0.25, 0.3) is 0 Å². The topological polar surface area (TPSA) is 20.3 Å². The van der Waals surface area contributed by atoms with E-state index in [1.807, 2.05) is 18.2 Å². The monoisotopic (exact) mass is 345 g/mol. The van der Waals surface area contributed by atoms with Crippen LogP contribution >= 0.6 is 0 Å². The fourth-order valence-corrected chi connectivity index (χ4v) is 5.34. The van der Waals surface area contributed by atoms with Gasteiger partial charge in [-0.3, -0.25) is 4.79 Å². The van der Waals surface area contributed by atoms with Crippen molar-refractivity contribution in [3.63, 3.8) is 0 Å². The lowest BCUT2D eigenvalue weighted by molar-refractivity contribution is -0.140. The van der Waals surface area contributed by atoms with Crippen LogP contribution in [0.3, 0.4) is 0 Å². The van der Waals surface area contributed by atoms with E-state index in [1.165, 1.54) is 5.56 Å². The SMILES string of the molecule is CC(C)(C)N1C(=O)[C@@]2(C)c3ccccc3C=C[C@H]2[C@@]1(C)c1ccccc1. The van der Waals surface area contributed by atoms with Gasteiger partial charge in [-0.15, -0.1) is 0 Å². The van der Waals surface area contributed by atoms with Crippen LogP contribution in [0.1, 0.15) is 51.3 Å². The summed E-state index contributed by atoms with van der Waals surface area (Å²) in [7, 11) is 0. The molecule has 0 saturated carbocycles. The predicted octanol–water partition coefficient (Wildman–Crippen LogP) is 5.14. The Hall–Kier alpha value is -2.35. The molecule has 2 aliphatic rings. The Labute approximate surface area is 156 Å². The van der Waals surface area contributed by atoms with Crippen molar-refractivity contribution in [2.75, 3.05) is 0 Å². The molecule has 0 unspecified atom stereocenters. The van der Waals surface area contributed by atoms with Gasteiger partial charge in [-0.1, -0.05) is 66.7 Å². The molecule has 2 heteroatoms. The minimum absolute atomic E-state index is 0.0824. The van der Waals surface area contributed by atoms with E-state index in [4.69, 9.17) is 0 Å². The number of nitrogens with zero attached hydrogens (tertiary/aromatic N) is 1. The molecule has 0 N–H and O–H groups in total. The van der Waals surface area contributed by atoms with Crippen LogP contribution in [0.25, 0.3) is 6.08 Å². The first-order chi connectivity index (χ1) is 12.2. The Kier molecular flexibility index (Phi) is 3.50. The zero-order valence-corrected chi connectivity index (χ0v) is 16.3. The second kappa shape index (κ2) is 5.33. The lowest BCUT2D eigenvalue weighted by Gasteiger charge is -2.47. The third kappa shape index (κ3) is 2.02. The van der Waals surface area contributed by atoms with Crippen LogP contribution in [0.5, 0.6) is 0 Å². The molecule has 26 heavy (non-hydrogen) atoms. The number of rotatable bonds is 1. The van der Waals surface area contributed by atoms with Crippen molar-refractivity contribution in [2.45, 2.75) is 51.1 Å². The Morgan fingerprint density at radius 2 is 1.54 bits per heavy atom. The molecule has 134 valence electrons. The minimum atomic E-state index is -0.552. The molecule has 0 aromatic heterocycles. The molecule has 4 rings (SSSR count). The molecule has 1 amide bonds. The summed E-state index contributed by atoms with van der Waals surface area (Å²) >= 11 is 0. The highest BCUT2D eigenvalue weighted by atomic mass is 16.2. The number of carbonyl (C=O) groups excluding carboxylic acids is 1. The number of benzene rings is 2. The van der Waals surface area contributed by atoms with E-state index in [-0.39, 0.29) is 17.4 Å². The first-order valence-corrected chi connectivity index (χ1v) is 9.40. The normalized spacial score (nSPS) is 30.3. The first-order valence-electron chi connectivity index (χ1n) is 9.40. The number of likely N-dealkylation sites (tertiary alicyclic amines) is 1. The van der Waals surface area contributed by atoms with Crippen LogP contribution in [0, 0.1) is 5.92 Å². The van der Waals surface area contributed by atoms with Gasteiger partial charge in [-0.2, -0.15) is 0 Å². The maximum absolute atomic E-state index is 14.0. The van der Waals surface area contributed by atoms with Gasteiger partial charge in [0.1, 0.15) is 0 Å². The van der Waals surface area contributed by atoms with Gasteiger partial charge in [0, 0.05) is 11.5 Å². The molecule has 1 heterocycles. The van der Waals surface area contributed by atoms with Gasteiger partial charge >= 0.3 is 0 Å². The number of hydrogen-bond acceptors (Lipinski definition) is 1. The van der Waals surface area contributed by atoms with Gasteiger partial charge in [0.2, 0.25) is 5.91 Å². The number of carbonyl (C=O) groups is 1. The predicted molar refractivity (Wildman–Crippen MR) is 107 cm³/mol. The lowest BCUT2D eigenvalue weighted by Crippen LogP contribution is -2.53. The molecule has 1 aliphatic carbocycles. The van der Waals surface area contributed by atoms with Crippen LogP contribution in [0.2, 0.25) is 0 Å². The van der Waals surface area contributed by atoms with Crippen LogP contribution in [-0.2, 0) is 15.7 Å². The van der Waals surface area contributed by atoms with E-state index < -0.39 is 11.0 Å². The Balaban J connectivity index is 2.03. The van der Waals surface area contributed by atoms with Crippen molar-refractivity contribution >= 4 is 12.0 Å². The summed E-state index contributed by atoms with van der Waals surface area (Å²) in [5, 5.41) is 0. The van der Waals surface area contributed by atoms with Crippen molar-refractivity contribution in [3.8, 4) is 0 Å². The van der Waals surface area contributed by atoms with E-state index in [2.05, 4.69) is 88.1 Å². The maximum Gasteiger partial charge on any atom is 0.234 e. The van der Waals surface area contributed by atoms with Gasteiger partial charge in [0.05, 0.1) is 11.0 Å². The maximum atomic E-state index is 14.0. The van der Waals surface area contributed by atoms with E-state index in [9.17, 15) is 4.79 Å². The summed E-state index contributed by atoms with van der Waals surface area (Å²) in [4.78, 5) is 16.1. The summed E-state index contributed by atoms with van der Waals surface area (Å²) in [5.74, 6) is 0.303. The summed E-state index contributed by atoms with van der Waals surface area (Å²) in [6.07, 6.45) is 4.46. The molecule has 2 nitrogen and oxygen atoms in total. The molecule has 1 fully saturated rings. The fraction of sp³-hybridized carbons (Fsp3) is 0.375. The molecule has 0 radical (unpaired) electrons. The van der Waals surface area contributed by atoms with Crippen molar-refractivity contribution in [3.05, 3.63) is 77.4 Å². The summed E-state index contributed by atoms with van der Waals surface area (Å²) < 4.78 is 0. The number of hydrogen-bond donors (Lipinski definition) is 0. The minimum Gasteiger partial charge on any atom is -0.327 e. The second-order valence-electron chi connectivity index (χ2n) is 8.95. The van der Waals surface area contributed by atoms with Crippen molar-refractivity contribution in [1.29, 1.82) is 0 Å². The highest BCUT2D eigenvalue weighted by Gasteiger charge is 2.65. The molecule has 2 aromatic rings. The number of fused-ring (bicyclic) bond motifs is 3. The number of amides is 1. The van der Waals surface area contributed by atoms with Gasteiger partial charge in [0.15, 0.2) is 0 Å². The van der Waals surface area contributed by atoms with Crippen molar-refractivity contribution in [1.82, 2.24) is 4.90 Å². The lowest BCUT2D eigenvalue weighted by atomic mass is 9.62. The quantitative estimate of drug-likeness (QED) is 0.700. The standard InChI is InChI=1S/C24H27NO/c1-22(2,3)25-21(26)23(4)19-14-10-9-11-17(19)15-16-20(23)24(25,5)18-12-7-6-8-13-18/h6-16,20H,1-5H3/t20-,23+,24-/m1/s1. The average molecular weight is 345 g/mol. The largest absolute Gasteiger partial charge is 0.327 e. The van der Waals surface area contributed by atoms with Gasteiger partial charge in [-0.25, -0.2) is 0 Å². The zero-order valence-electron chi connectivity index (χ0n) is 16.3. The van der Waals surface area contributed by atoms with Gasteiger partial charge in [-0.05, 0) is 51.3 Å². The van der Waals surface area contributed by atoms with E-state index in [1.54, 1.807) is 0 Å². The first kappa shape index (κ1) is 17.1. The molecular formula is C24H27NO. The molecule has 3 atom stereocenters. The zero-order chi connectivity index (χ0) is 18.7. The van der Waals surface area contributed by atoms with Crippen molar-refractivity contribution < 1.29 is 4.79 Å². The Morgan fingerprint density at radius 3 is 2.19 bits per heavy atom. The molecular weight excluding hydrogens is 318 g/mol. The van der Waals surface area contributed by atoms with E-state index in [0.717, 1.165) is 11.1 Å². The highest BCUT2D eigenvalue weighted by Crippen LogP contribution is 2.59. The fourth-order valence-electron chi connectivity index (χ4n) is 5.34. The smallest absolute Gasteiger partial charge is 0.234 e. The second-order valence-corrected chi connectivity index (χ2v) is 8.95. The van der Waals surface area contributed by atoms with Gasteiger partial charge < -0.3 is 4.90 Å². The van der Waals surface area contributed by atoms with Crippen molar-refractivity contribution in [2.24, 2.45) is 5.92 Å². The average Bonchev–Trinajstić information content (AvgIpc) is 2.80. The van der Waals surface area contributed by atoms with E-state index >= 15 is 0 Å². The Bertz CT molecular complexity index is 892. The van der Waals surface area contributed by atoms with E-state index in [0.29, 0.717) is 0 Å². The van der Waals surface area contributed by atoms with Crippen LogP contribution in [0.15, 0.2) is 60.7 Å². The summed E-state index contributed by atoms with van der Waals surface area (Å²) in [5.41, 5.74) is 2.28. The molecule has 0 spiro atoms. The molecule has 1 saturated heterocycles. The van der Waals surface area contributed by atoms with Crippen LogP contribution in [-0.4, -0.2) is 16.3 Å². The third-order valence-corrected chi connectivity index (χ3v) is 6.36. The summed E-state index contributed by atoms with van der Waals surface area (Å²) in [6, 6.07) is 18.8. The highest BCUT2D eigenvalue weighted by molar-refractivity contribution is 5.95. The Morgan fingerprint density at radius 1 is 0.923 bits per heavy atom. The third-order valence-electron chi connectivity index (χ3n) is 6.36. The van der Waals surface area contributed by atoms with Crippen LogP contribution < -0.4 is 0 Å². The molecule has 0 bridgehead atoms. The molecule has 1 aliphatic heterocycles. The molecule has 2 aromatic carbocycles. The summed E-state index contributed by atoms with van der Waals surface area (Å²) in [6.45, 7) is 10.8.